The van der Waals surface area contributed by atoms with Crippen LogP contribution in [0.15, 0.2) is 59.5 Å². The van der Waals surface area contributed by atoms with Crippen LogP contribution in [0.5, 0.6) is 0 Å². The average molecular weight is 338 g/mol. The van der Waals surface area contributed by atoms with Gasteiger partial charge < -0.3 is 9.15 Å². The van der Waals surface area contributed by atoms with Crippen LogP contribution in [0.3, 0.4) is 0 Å². The zero-order valence-electron chi connectivity index (χ0n) is 14.1. The van der Waals surface area contributed by atoms with Crippen molar-refractivity contribution < 1.29 is 9.15 Å². The lowest BCUT2D eigenvalue weighted by Crippen LogP contribution is -2.30. The summed E-state index contributed by atoms with van der Waals surface area (Å²) >= 11 is 0. The van der Waals surface area contributed by atoms with Gasteiger partial charge in [-0.15, -0.1) is 0 Å². The summed E-state index contributed by atoms with van der Waals surface area (Å²) < 4.78 is 13.5. The molecule has 25 heavy (non-hydrogen) atoms. The maximum absolute atomic E-state index is 5.94. The summed E-state index contributed by atoms with van der Waals surface area (Å²) in [4.78, 5) is 6.70. The molecule has 1 aliphatic heterocycles. The third kappa shape index (κ3) is 4.15. The van der Waals surface area contributed by atoms with Crippen molar-refractivity contribution in [3.8, 4) is 0 Å². The van der Waals surface area contributed by atoms with Gasteiger partial charge in [0.2, 0.25) is 0 Å². The fourth-order valence-corrected chi connectivity index (χ4v) is 3.28. The highest BCUT2D eigenvalue weighted by Crippen LogP contribution is 2.19. The maximum Gasteiger partial charge on any atom is 0.117 e. The first-order valence-electron chi connectivity index (χ1n) is 8.60. The van der Waals surface area contributed by atoms with Crippen LogP contribution in [0.1, 0.15) is 17.1 Å². The minimum Gasteiger partial charge on any atom is -0.468 e. The molecule has 3 aromatic heterocycles. The number of fused-ring (bicyclic) bond motifs is 1. The second-order valence-electron chi connectivity index (χ2n) is 6.46. The molecule has 3 aromatic rings. The van der Waals surface area contributed by atoms with Crippen molar-refractivity contribution in [3.05, 3.63) is 72.2 Å². The van der Waals surface area contributed by atoms with Gasteiger partial charge in [-0.2, -0.15) is 5.10 Å². The SMILES string of the molecule is c1ccc(COC[C@H]2CN(Cc3ccco3)Cc3ccnn3C2)nc1. The van der Waals surface area contributed by atoms with Gasteiger partial charge in [-0.25, -0.2) is 0 Å². The van der Waals surface area contributed by atoms with Gasteiger partial charge in [0, 0.05) is 37.9 Å². The van der Waals surface area contributed by atoms with Crippen molar-refractivity contribution in [2.45, 2.75) is 26.2 Å². The van der Waals surface area contributed by atoms with Gasteiger partial charge in [-0.1, -0.05) is 6.07 Å². The predicted molar refractivity (Wildman–Crippen MR) is 92.4 cm³/mol. The molecule has 1 aliphatic rings. The third-order valence-electron chi connectivity index (χ3n) is 4.43. The quantitative estimate of drug-likeness (QED) is 0.692. The number of hydrogen-bond donors (Lipinski definition) is 0. The predicted octanol–water partition coefficient (Wildman–Crippen LogP) is 2.72. The Labute approximate surface area is 147 Å². The zero-order valence-corrected chi connectivity index (χ0v) is 14.1. The number of nitrogens with zero attached hydrogens (tertiary/aromatic N) is 4. The van der Waals surface area contributed by atoms with E-state index in [0.29, 0.717) is 19.1 Å². The minimum absolute atomic E-state index is 0.375. The lowest BCUT2D eigenvalue weighted by Gasteiger charge is -2.22. The Morgan fingerprint density at radius 3 is 2.96 bits per heavy atom. The molecule has 4 heterocycles. The summed E-state index contributed by atoms with van der Waals surface area (Å²) in [6, 6.07) is 11.9. The Morgan fingerprint density at radius 2 is 2.12 bits per heavy atom. The highest BCUT2D eigenvalue weighted by atomic mass is 16.5. The second kappa shape index (κ2) is 7.63. The van der Waals surface area contributed by atoms with Crippen molar-refractivity contribution in [3.63, 3.8) is 0 Å². The van der Waals surface area contributed by atoms with Crippen molar-refractivity contribution in [1.82, 2.24) is 19.7 Å². The van der Waals surface area contributed by atoms with E-state index in [1.807, 2.05) is 36.5 Å². The standard InChI is InChI=1S/C19H22N4O2/c1-2-7-20-17(4-1)15-24-14-16-10-22(13-19-5-3-9-25-19)12-18-6-8-21-23(18)11-16/h1-9,16H,10-15H2/t16-/m0/s1. The molecular weight excluding hydrogens is 316 g/mol. The van der Waals surface area contributed by atoms with Gasteiger partial charge in [0.25, 0.3) is 0 Å². The molecule has 0 fully saturated rings. The summed E-state index contributed by atoms with van der Waals surface area (Å²) in [6.07, 6.45) is 5.40. The highest BCUT2D eigenvalue weighted by molar-refractivity contribution is 5.05. The van der Waals surface area contributed by atoms with Gasteiger partial charge in [-0.3, -0.25) is 14.6 Å². The van der Waals surface area contributed by atoms with Crippen LogP contribution >= 0.6 is 0 Å². The van der Waals surface area contributed by atoms with Crippen LogP contribution in [0.2, 0.25) is 0 Å². The smallest absolute Gasteiger partial charge is 0.117 e. The van der Waals surface area contributed by atoms with Gasteiger partial charge in [0.15, 0.2) is 0 Å². The van der Waals surface area contributed by atoms with E-state index in [4.69, 9.17) is 9.15 Å². The van der Waals surface area contributed by atoms with E-state index >= 15 is 0 Å². The fourth-order valence-electron chi connectivity index (χ4n) is 3.28. The molecule has 0 unspecified atom stereocenters. The molecule has 0 saturated carbocycles. The molecular formula is C19H22N4O2. The van der Waals surface area contributed by atoms with E-state index in [2.05, 4.69) is 25.7 Å². The number of pyridine rings is 1. The molecule has 4 rings (SSSR count). The topological polar surface area (TPSA) is 56.3 Å². The molecule has 6 heteroatoms. The molecule has 0 bridgehead atoms. The number of rotatable bonds is 6. The van der Waals surface area contributed by atoms with E-state index in [1.54, 1.807) is 12.5 Å². The van der Waals surface area contributed by atoms with Crippen molar-refractivity contribution >= 4 is 0 Å². The van der Waals surface area contributed by atoms with Gasteiger partial charge in [0.05, 0.1) is 37.4 Å². The second-order valence-corrected chi connectivity index (χ2v) is 6.46. The lowest BCUT2D eigenvalue weighted by molar-refractivity contribution is 0.0629. The van der Waals surface area contributed by atoms with Crippen LogP contribution in [0.25, 0.3) is 0 Å². The normalized spacial score (nSPS) is 18.0. The van der Waals surface area contributed by atoms with Gasteiger partial charge in [0.1, 0.15) is 5.76 Å². The van der Waals surface area contributed by atoms with E-state index in [-0.39, 0.29) is 0 Å². The van der Waals surface area contributed by atoms with Crippen molar-refractivity contribution in [2.75, 3.05) is 13.2 Å². The van der Waals surface area contributed by atoms with Crippen molar-refractivity contribution in [1.29, 1.82) is 0 Å². The molecule has 0 amide bonds. The maximum atomic E-state index is 5.94. The fraction of sp³-hybridized carbons (Fsp3) is 0.368. The first-order chi connectivity index (χ1) is 12.4. The lowest BCUT2D eigenvalue weighted by atomic mass is 10.1. The summed E-state index contributed by atoms with van der Waals surface area (Å²) in [5.74, 6) is 1.36. The van der Waals surface area contributed by atoms with Crippen LogP contribution in [0.4, 0.5) is 0 Å². The van der Waals surface area contributed by atoms with Gasteiger partial charge in [-0.05, 0) is 30.3 Å². The number of aromatic nitrogens is 3. The zero-order chi connectivity index (χ0) is 16.9. The van der Waals surface area contributed by atoms with E-state index in [0.717, 1.165) is 37.6 Å². The minimum atomic E-state index is 0.375. The molecule has 0 N–H and O–H groups in total. The number of ether oxygens (including phenoxy) is 1. The first-order valence-corrected chi connectivity index (χ1v) is 8.60. The first kappa shape index (κ1) is 16.1. The molecule has 130 valence electrons. The summed E-state index contributed by atoms with van der Waals surface area (Å²) in [5, 5.41) is 4.46. The number of furan rings is 1. The van der Waals surface area contributed by atoms with E-state index in [9.17, 15) is 0 Å². The van der Waals surface area contributed by atoms with Gasteiger partial charge >= 0.3 is 0 Å². The summed E-state index contributed by atoms with van der Waals surface area (Å²) in [6.45, 7) is 4.73. The Balaban J connectivity index is 1.40. The summed E-state index contributed by atoms with van der Waals surface area (Å²) in [7, 11) is 0. The average Bonchev–Trinajstić information content (AvgIpc) is 3.25. The molecule has 0 radical (unpaired) electrons. The third-order valence-corrected chi connectivity index (χ3v) is 4.43. The van der Waals surface area contributed by atoms with Crippen LogP contribution in [-0.4, -0.2) is 32.8 Å². The Morgan fingerprint density at radius 1 is 1.12 bits per heavy atom. The molecule has 6 nitrogen and oxygen atoms in total. The monoisotopic (exact) mass is 338 g/mol. The molecule has 0 spiro atoms. The van der Waals surface area contributed by atoms with E-state index in [1.165, 1.54) is 5.69 Å². The molecule has 0 aliphatic carbocycles. The van der Waals surface area contributed by atoms with Crippen molar-refractivity contribution in [2.24, 2.45) is 5.92 Å². The Kier molecular flexibility index (Phi) is 4.90. The molecule has 1 atom stereocenters. The number of hydrogen-bond acceptors (Lipinski definition) is 5. The van der Waals surface area contributed by atoms with Crippen LogP contribution in [0, 0.1) is 5.92 Å². The highest BCUT2D eigenvalue weighted by Gasteiger charge is 2.23. The largest absolute Gasteiger partial charge is 0.468 e. The Hall–Kier alpha value is -2.44. The molecule has 0 saturated heterocycles. The van der Waals surface area contributed by atoms with Crippen LogP contribution in [-0.2, 0) is 31.0 Å². The Bertz CT molecular complexity index is 770. The summed E-state index contributed by atoms with van der Waals surface area (Å²) in [5.41, 5.74) is 2.20. The molecule has 0 aromatic carbocycles. The van der Waals surface area contributed by atoms with Crippen LogP contribution < -0.4 is 0 Å². The van der Waals surface area contributed by atoms with E-state index < -0.39 is 0 Å².